The molecule has 1 aliphatic heterocycles. The molecule has 23 heavy (non-hydrogen) atoms. The molecule has 0 unspecified atom stereocenters. The van der Waals surface area contributed by atoms with Crippen LogP contribution in [0.4, 0.5) is 4.79 Å². The number of carboxylic acids is 1. The zero-order valence-corrected chi connectivity index (χ0v) is 14.8. The summed E-state index contributed by atoms with van der Waals surface area (Å²) in [7, 11) is -3.28. The summed E-state index contributed by atoms with van der Waals surface area (Å²) in [4.78, 5) is 25.3. The number of nitrogens with one attached hydrogen (secondary N) is 1. The van der Waals surface area contributed by atoms with Crippen molar-refractivity contribution in [2.45, 2.75) is 44.8 Å². The summed E-state index contributed by atoms with van der Waals surface area (Å²) in [5.41, 5.74) is -0.811. The lowest BCUT2D eigenvalue weighted by Gasteiger charge is -2.23. The molecule has 1 aliphatic carbocycles. The highest BCUT2D eigenvalue weighted by Gasteiger charge is 2.55. The van der Waals surface area contributed by atoms with Crippen molar-refractivity contribution in [3.8, 4) is 0 Å². The minimum atomic E-state index is -3.28. The van der Waals surface area contributed by atoms with Crippen LogP contribution in [-0.2, 0) is 14.6 Å². The van der Waals surface area contributed by atoms with Gasteiger partial charge in [0.05, 0.1) is 15.9 Å². The van der Waals surface area contributed by atoms with Crippen LogP contribution in [0.5, 0.6) is 0 Å². The van der Waals surface area contributed by atoms with E-state index in [0.717, 1.165) is 12.8 Å². The molecule has 7 nitrogen and oxygen atoms in total. The van der Waals surface area contributed by atoms with Crippen LogP contribution < -0.4 is 5.32 Å². The number of sulfone groups is 1. The molecule has 2 fully saturated rings. The number of nitrogens with zero attached hydrogens (tertiary/aromatic N) is 1. The van der Waals surface area contributed by atoms with Crippen LogP contribution in [0.1, 0.15) is 40.0 Å². The number of hydrogen-bond donors (Lipinski definition) is 2. The number of aliphatic carboxylic acids is 1. The number of rotatable bonds is 4. The lowest BCUT2D eigenvalue weighted by atomic mass is 9.81. The van der Waals surface area contributed by atoms with Gasteiger partial charge in [-0.15, -0.1) is 0 Å². The fourth-order valence-electron chi connectivity index (χ4n) is 3.50. The fraction of sp³-hybridized carbons (Fsp3) is 0.867. The van der Waals surface area contributed by atoms with Crippen LogP contribution in [0.2, 0.25) is 0 Å². The molecule has 2 amide bonds. The van der Waals surface area contributed by atoms with Gasteiger partial charge in [-0.3, -0.25) is 4.79 Å². The SMILES string of the molecule is CC(C)(C)S(=O)(=O)CCNC(=O)N1C[C@@H]2CCC[C@@]2(C(=O)O)C1. The summed E-state index contributed by atoms with van der Waals surface area (Å²) in [5, 5.41) is 12.1. The zero-order chi connectivity index (χ0) is 17.5. The molecule has 2 N–H and O–H groups in total. The second-order valence-corrected chi connectivity index (χ2v) is 10.5. The first-order valence-corrected chi connectivity index (χ1v) is 9.63. The molecule has 0 spiro atoms. The average Bonchev–Trinajstić information content (AvgIpc) is 2.94. The van der Waals surface area contributed by atoms with Crippen molar-refractivity contribution in [1.29, 1.82) is 0 Å². The van der Waals surface area contributed by atoms with Crippen molar-refractivity contribution in [2.75, 3.05) is 25.4 Å². The molecule has 1 saturated heterocycles. The van der Waals surface area contributed by atoms with Crippen molar-refractivity contribution < 1.29 is 23.1 Å². The molecule has 0 bridgehead atoms. The van der Waals surface area contributed by atoms with Gasteiger partial charge in [0.2, 0.25) is 0 Å². The first-order valence-electron chi connectivity index (χ1n) is 7.98. The van der Waals surface area contributed by atoms with Crippen LogP contribution in [0.3, 0.4) is 0 Å². The summed E-state index contributed by atoms with van der Waals surface area (Å²) < 4.78 is 23.2. The largest absolute Gasteiger partial charge is 0.481 e. The smallest absolute Gasteiger partial charge is 0.317 e. The van der Waals surface area contributed by atoms with E-state index < -0.39 is 26.0 Å². The van der Waals surface area contributed by atoms with E-state index in [4.69, 9.17) is 0 Å². The molecule has 8 heteroatoms. The third kappa shape index (κ3) is 3.32. The van der Waals surface area contributed by atoms with Gasteiger partial charge in [0, 0.05) is 19.6 Å². The Morgan fingerprint density at radius 1 is 1.35 bits per heavy atom. The first-order chi connectivity index (χ1) is 10.5. The number of carboxylic acid groups (broad SMARTS) is 1. The van der Waals surface area contributed by atoms with Gasteiger partial charge >= 0.3 is 12.0 Å². The van der Waals surface area contributed by atoms with Gasteiger partial charge in [-0.05, 0) is 39.5 Å². The summed E-state index contributed by atoms with van der Waals surface area (Å²) >= 11 is 0. The van der Waals surface area contributed by atoms with E-state index in [-0.39, 0.29) is 30.8 Å². The van der Waals surface area contributed by atoms with Crippen molar-refractivity contribution in [2.24, 2.45) is 11.3 Å². The highest BCUT2D eigenvalue weighted by molar-refractivity contribution is 7.92. The molecule has 0 radical (unpaired) electrons. The van der Waals surface area contributed by atoms with Gasteiger partial charge in [0.1, 0.15) is 0 Å². The van der Waals surface area contributed by atoms with Crippen LogP contribution >= 0.6 is 0 Å². The van der Waals surface area contributed by atoms with Gasteiger partial charge < -0.3 is 15.3 Å². The monoisotopic (exact) mass is 346 g/mol. The summed E-state index contributed by atoms with van der Waals surface area (Å²) in [6, 6.07) is -0.371. The van der Waals surface area contributed by atoms with Crippen molar-refractivity contribution >= 4 is 21.8 Å². The Kier molecular flexibility index (Phi) is 4.67. The molecule has 1 saturated carbocycles. The molecular weight excluding hydrogens is 320 g/mol. The molecule has 0 aromatic carbocycles. The van der Waals surface area contributed by atoms with E-state index in [0.29, 0.717) is 13.0 Å². The van der Waals surface area contributed by atoms with E-state index in [2.05, 4.69) is 5.32 Å². The maximum atomic E-state index is 12.2. The van der Waals surface area contributed by atoms with Crippen molar-refractivity contribution in [3.05, 3.63) is 0 Å². The minimum Gasteiger partial charge on any atom is -0.481 e. The molecule has 2 rings (SSSR count). The second-order valence-electron chi connectivity index (χ2n) is 7.59. The van der Waals surface area contributed by atoms with Gasteiger partial charge in [-0.1, -0.05) is 6.42 Å². The summed E-state index contributed by atoms with van der Waals surface area (Å²) in [6.07, 6.45) is 2.32. The van der Waals surface area contributed by atoms with Crippen LogP contribution in [0.15, 0.2) is 0 Å². The summed E-state index contributed by atoms with van der Waals surface area (Å²) in [5.74, 6) is -0.946. The number of carbonyl (C=O) groups excluding carboxylic acids is 1. The van der Waals surface area contributed by atoms with E-state index >= 15 is 0 Å². The number of amides is 2. The number of urea groups is 1. The Morgan fingerprint density at radius 3 is 2.52 bits per heavy atom. The Morgan fingerprint density at radius 2 is 2.00 bits per heavy atom. The highest BCUT2D eigenvalue weighted by atomic mass is 32.2. The number of hydrogen-bond acceptors (Lipinski definition) is 4. The summed E-state index contributed by atoms with van der Waals surface area (Å²) in [6.45, 7) is 5.57. The standard InChI is InChI=1S/C15H26N2O5S/c1-14(2,3)23(21,22)8-7-16-13(20)17-9-11-5-4-6-15(11,10-17)12(18)19/h11H,4-10H2,1-3H3,(H,16,20)(H,18,19)/t11-,15+/m0/s1. The Bertz CT molecular complexity index is 595. The second kappa shape index (κ2) is 5.96. The van der Waals surface area contributed by atoms with Gasteiger partial charge in [0.25, 0.3) is 0 Å². The normalized spacial score (nSPS) is 27.8. The van der Waals surface area contributed by atoms with Crippen LogP contribution in [-0.4, -0.2) is 60.6 Å². The highest BCUT2D eigenvalue weighted by Crippen LogP contribution is 2.48. The predicted molar refractivity (Wildman–Crippen MR) is 85.9 cm³/mol. The molecular formula is C15H26N2O5S. The van der Waals surface area contributed by atoms with Crippen molar-refractivity contribution in [3.63, 3.8) is 0 Å². The lowest BCUT2D eigenvalue weighted by Crippen LogP contribution is -2.44. The quantitative estimate of drug-likeness (QED) is 0.793. The molecule has 2 aliphatic rings. The van der Waals surface area contributed by atoms with E-state index in [1.165, 1.54) is 4.90 Å². The fourth-order valence-corrected chi connectivity index (χ4v) is 4.49. The van der Waals surface area contributed by atoms with Gasteiger partial charge in [-0.2, -0.15) is 0 Å². The Balaban J connectivity index is 1.90. The van der Waals surface area contributed by atoms with Crippen molar-refractivity contribution in [1.82, 2.24) is 10.2 Å². The minimum absolute atomic E-state index is 0.00376. The Hall–Kier alpha value is -1.31. The molecule has 132 valence electrons. The van der Waals surface area contributed by atoms with Crippen LogP contribution in [0.25, 0.3) is 0 Å². The molecule has 2 atom stereocenters. The average molecular weight is 346 g/mol. The number of carbonyl (C=O) groups is 2. The maximum absolute atomic E-state index is 12.2. The van der Waals surface area contributed by atoms with Gasteiger partial charge in [0.15, 0.2) is 9.84 Å². The van der Waals surface area contributed by atoms with Crippen LogP contribution in [0, 0.1) is 11.3 Å². The zero-order valence-electron chi connectivity index (χ0n) is 14.0. The molecule has 0 aromatic rings. The Labute approximate surface area is 137 Å². The molecule has 0 aromatic heterocycles. The number of likely N-dealkylation sites (tertiary alicyclic amines) is 1. The lowest BCUT2D eigenvalue weighted by molar-refractivity contribution is -0.149. The first kappa shape index (κ1) is 18.0. The topological polar surface area (TPSA) is 104 Å². The van der Waals surface area contributed by atoms with E-state index in [9.17, 15) is 23.1 Å². The van der Waals surface area contributed by atoms with E-state index in [1.54, 1.807) is 20.8 Å². The third-order valence-corrected chi connectivity index (χ3v) is 7.77. The number of fused-ring (bicyclic) bond motifs is 1. The van der Waals surface area contributed by atoms with E-state index in [1.807, 2.05) is 0 Å². The molecule has 1 heterocycles. The van der Waals surface area contributed by atoms with Gasteiger partial charge in [-0.25, -0.2) is 13.2 Å². The predicted octanol–water partition coefficient (Wildman–Crippen LogP) is 1.10. The maximum Gasteiger partial charge on any atom is 0.317 e. The third-order valence-electron chi connectivity index (χ3n) is 5.16.